The van der Waals surface area contributed by atoms with Crippen molar-refractivity contribution in [1.29, 1.82) is 0 Å². The Morgan fingerprint density at radius 2 is 1.90 bits per heavy atom. The molecule has 30 heavy (non-hydrogen) atoms. The molecule has 160 valence electrons. The number of nitrogens with zero attached hydrogens (tertiary/aromatic N) is 1. The molecule has 4 rings (SSSR count). The van der Waals surface area contributed by atoms with E-state index >= 15 is 0 Å². The van der Waals surface area contributed by atoms with Gasteiger partial charge in [-0.25, -0.2) is 4.39 Å². The van der Waals surface area contributed by atoms with Crippen molar-refractivity contribution in [3.63, 3.8) is 0 Å². The lowest BCUT2D eigenvalue weighted by atomic mass is 9.92. The van der Waals surface area contributed by atoms with Gasteiger partial charge in [0.05, 0.1) is 5.69 Å². The molecule has 0 unspecified atom stereocenters. The zero-order chi connectivity index (χ0) is 19.5. The normalized spacial score (nSPS) is 18.1. The van der Waals surface area contributed by atoms with Crippen molar-refractivity contribution < 1.29 is 13.9 Å². The molecule has 1 aromatic heterocycles. The lowest BCUT2D eigenvalue weighted by molar-refractivity contribution is -0.120. The van der Waals surface area contributed by atoms with Crippen LogP contribution in [0.25, 0.3) is 10.8 Å². The molecule has 1 amide bonds. The number of halogens is 3. The lowest BCUT2D eigenvalue weighted by Gasteiger charge is -2.27. The van der Waals surface area contributed by atoms with Crippen LogP contribution in [0.4, 0.5) is 10.1 Å². The summed E-state index contributed by atoms with van der Waals surface area (Å²) in [5.41, 5.74) is 0.714. The number of ether oxygens (including phenoxy) is 1. The fourth-order valence-electron chi connectivity index (χ4n) is 3.59. The fraction of sp³-hybridized carbons (Fsp3) is 0.273. The molecule has 3 aromatic rings. The quantitative estimate of drug-likeness (QED) is 0.561. The largest absolute Gasteiger partial charge is 0.457 e. The molecule has 1 aliphatic rings. The van der Waals surface area contributed by atoms with Crippen LogP contribution in [0.15, 0.2) is 54.9 Å². The van der Waals surface area contributed by atoms with E-state index in [9.17, 15) is 9.18 Å². The lowest BCUT2D eigenvalue weighted by Crippen LogP contribution is -2.40. The highest BCUT2D eigenvalue weighted by Crippen LogP contribution is 2.34. The van der Waals surface area contributed by atoms with Crippen molar-refractivity contribution in [1.82, 2.24) is 10.3 Å². The number of benzene rings is 2. The number of anilines is 1. The summed E-state index contributed by atoms with van der Waals surface area (Å²) in [7, 11) is 0. The Labute approximate surface area is 187 Å². The van der Waals surface area contributed by atoms with Crippen LogP contribution in [0.3, 0.4) is 0 Å². The summed E-state index contributed by atoms with van der Waals surface area (Å²) >= 11 is 0. The minimum Gasteiger partial charge on any atom is -0.457 e. The van der Waals surface area contributed by atoms with E-state index in [-0.39, 0.29) is 42.5 Å². The SMILES string of the molecule is C[C@H]1C[C@@H](C(=O)Nc2ccc(Oc3ccc(F)cc3)c3ccncc23)CCN1.Cl.Cl. The number of carbonyl (C=O) groups is 1. The number of pyridine rings is 1. The van der Waals surface area contributed by atoms with Crippen molar-refractivity contribution in [2.45, 2.75) is 25.8 Å². The first-order valence-corrected chi connectivity index (χ1v) is 9.44. The maximum Gasteiger partial charge on any atom is 0.227 e. The average Bonchev–Trinajstić information content (AvgIpc) is 2.71. The van der Waals surface area contributed by atoms with Crippen molar-refractivity contribution in [3.05, 3.63) is 60.7 Å². The molecule has 0 spiro atoms. The van der Waals surface area contributed by atoms with Gasteiger partial charge in [0.25, 0.3) is 0 Å². The monoisotopic (exact) mass is 451 g/mol. The zero-order valence-electron chi connectivity index (χ0n) is 16.4. The van der Waals surface area contributed by atoms with Gasteiger partial charge in [0.2, 0.25) is 5.91 Å². The molecule has 0 bridgehead atoms. The Kier molecular flexibility index (Phi) is 8.41. The first kappa shape index (κ1) is 23.9. The summed E-state index contributed by atoms with van der Waals surface area (Å²) in [5, 5.41) is 8.06. The smallest absolute Gasteiger partial charge is 0.227 e. The summed E-state index contributed by atoms with van der Waals surface area (Å²) in [5.74, 6) is 0.882. The second-order valence-corrected chi connectivity index (χ2v) is 7.15. The first-order chi connectivity index (χ1) is 13.6. The van der Waals surface area contributed by atoms with E-state index in [2.05, 4.69) is 22.5 Å². The van der Waals surface area contributed by atoms with E-state index in [0.29, 0.717) is 23.2 Å². The van der Waals surface area contributed by atoms with Crippen LogP contribution >= 0.6 is 24.8 Å². The number of rotatable bonds is 4. The topological polar surface area (TPSA) is 63.2 Å². The van der Waals surface area contributed by atoms with Crippen LogP contribution in [0.5, 0.6) is 11.5 Å². The van der Waals surface area contributed by atoms with E-state index in [4.69, 9.17) is 4.74 Å². The molecule has 0 aliphatic carbocycles. The minimum absolute atomic E-state index is 0. The molecule has 1 aliphatic heterocycles. The Balaban J connectivity index is 0.00000160. The van der Waals surface area contributed by atoms with Crippen molar-refractivity contribution in [2.24, 2.45) is 5.92 Å². The van der Waals surface area contributed by atoms with E-state index < -0.39 is 0 Å². The van der Waals surface area contributed by atoms with Gasteiger partial charge in [0.1, 0.15) is 17.3 Å². The highest BCUT2D eigenvalue weighted by molar-refractivity contribution is 6.04. The molecule has 0 saturated carbocycles. The predicted octanol–water partition coefficient (Wildman–Crippen LogP) is 5.34. The molecule has 1 fully saturated rings. The van der Waals surface area contributed by atoms with Gasteiger partial charge in [-0.1, -0.05) is 0 Å². The van der Waals surface area contributed by atoms with E-state index in [1.54, 1.807) is 24.5 Å². The number of hydrogen-bond acceptors (Lipinski definition) is 4. The zero-order valence-corrected chi connectivity index (χ0v) is 18.1. The van der Waals surface area contributed by atoms with Crippen LogP contribution in [0, 0.1) is 11.7 Å². The summed E-state index contributed by atoms with van der Waals surface area (Å²) in [6.45, 7) is 2.95. The average molecular weight is 452 g/mol. The number of piperidine rings is 1. The summed E-state index contributed by atoms with van der Waals surface area (Å²) < 4.78 is 19.0. The van der Waals surface area contributed by atoms with Gasteiger partial charge in [-0.05, 0) is 68.8 Å². The molecule has 2 aromatic carbocycles. The van der Waals surface area contributed by atoms with Gasteiger partial charge >= 0.3 is 0 Å². The number of hydrogen-bond donors (Lipinski definition) is 2. The molecule has 5 nitrogen and oxygen atoms in total. The Hall–Kier alpha value is -2.41. The Bertz CT molecular complexity index is 1000. The summed E-state index contributed by atoms with van der Waals surface area (Å²) in [4.78, 5) is 16.9. The number of amides is 1. The van der Waals surface area contributed by atoms with Gasteiger partial charge in [0, 0.05) is 35.1 Å². The molecule has 8 heteroatoms. The molecule has 2 N–H and O–H groups in total. The molecular weight excluding hydrogens is 428 g/mol. The van der Waals surface area contributed by atoms with Crippen LogP contribution in [0.1, 0.15) is 19.8 Å². The maximum absolute atomic E-state index is 13.1. The minimum atomic E-state index is -0.313. The van der Waals surface area contributed by atoms with Gasteiger partial charge in [-0.15, -0.1) is 24.8 Å². The van der Waals surface area contributed by atoms with Gasteiger partial charge in [0.15, 0.2) is 0 Å². The van der Waals surface area contributed by atoms with Crippen LogP contribution in [-0.2, 0) is 4.79 Å². The second-order valence-electron chi connectivity index (χ2n) is 7.15. The number of fused-ring (bicyclic) bond motifs is 1. The molecule has 0 radical (unpaired) electrons. The molecule has 2 atom stereocenters. The molecule has 2 heterocycles. The van der Waals surface area contributed by atoms with Crippen molar-refractivity contribution >= 4 is 47.2 Å². The summed E-state index contributed by atoms with van der Waals surface area (Å²) in [6.07, 6.45) is 5.05. The molecular formula is C22H24Cl2FN3O2. The van der Waals surface area contributed by atoms with Crippen molar-refractivity contribution in [2.75, 3.05) is 11.9 Å². The fourth-order valence-corrected chi connectivity index (χ4v) is 3.59. The highest BCUT2D eigenvalue weighted by Gasteiger charge is 2.25. The predicted molar refractivity (Wildman–Crippen MR) is 122 cm³/mol. The van der Waals surface area contributed by atoms with E-state index in [1.807, 2.05) is 18.2 Å². The van der Waals surface area contributed by atoms with E-state index in [1.165, 1.54) is 12.1 Å². The second kappa shape index (κ2) is 10.6. The van der Waals surface area contributed by atoms with Crippen LogP contribution in [-0.4, -0.2) is 23.5 Å². The van der Waals surface area contributed by atoms with Crippen molar-refractivity contribution in [3.8, 4) is 11.5 Å². The Morgan fingerprint density at radius 3 is 2.63 bits per heavy atom. The third-order valence-corrected chi connectivity index (χ3v) is 5.07. The van der Waals surface area contributed by atoms with Crippen LogP contribution in [0.2, 0.25) is 0 Å². The third-order valence-electron chi connectivity index (χ3n) is 5.07. The number of aromatic nitrogens is 1. The van der Waals surface area contributed by atoms with Gasteiger partial charge in [-0.3, -0.25) is 9.78 Å². The third kappa shape index (κ3) is 5.39. The number of nitrogens with one attached hydrogen (secondary N) is 2. The van der Waals surface area contributed by atoms with Gasteiger partial charge in [-0.2, -0.15) is 0 Å². The standard InChI is InChI=1S/C22H22FN3O2.2ClH/c1-14-12-15(8-11-25-14)22(27)26-20-6-7-21(18-9-10-24-13-19(18)20)28-17-4-2-16(23)3-5-17;;/h2-7,9-10,13-15,25H,8,11-12H2,1H3,(H,26,27);2*1H/t14-,15-;;/m0../s1. The van der Waals surface area contributed by atoms with Gasteiger partial charge < -0.3 is 15.4 Å². The highest BCUT2D eigenvalue weighted by atomic mass is 35.5. The number of carbonyl (C=O) groups excluding carboxylic acids is 1. The molecule has 1 saturated heterocycles. The maximum atomic E-state index is 13.1. The van der Waals surface area contributed by atoms with Crippen LogP contribution < -0.4 is 15.4 Å². The first-order valence-electron chi connectivity index (χ1n) is 9.44. The Morgan fingerprint density at radius 1 is 1.13 bits per heavy atom. The summed E-state index contributed by atoms with van der Waals surface area (Å²) in [6, 6.07) is 11.7. The van der Waals surface area contributed by atoms with E-state index in [0.717, 1.165) is 30.2 Å².